The molecule has 0 saturated carbocycles. The molecule has 94 valence electrons. The van der Waals surface area contributed by atoms with Gasteiger partial charge < -0.3 is 9.63 Å². The minimum absolute atomic E-state index is 0.0898. The van der Waals surface area contributed by atoms with E-state index in [0.717, 1.165) is 4.74 Å². The Labute approximate surface area is 103 Å². The van der Waals surface area contributed by atoms with E-state index in [2.05, 4.69) is 0 Å². The van der Waals surface area contributed by atoms with Crippen LogP contribution in [0.5, 0.6) is 0 Å². The largest absolute Gasteiger partial charge is 0.476 e. The number of carboxylic acid groups (broad SMARTS) is 1. The Morgan fingerprint density at radius 3 is 2.56 bits per heavy atom. The van der Waals surface area contributed by atoms with E-state index in [4.69, 9.17) is 4.52 Å². The van der Waals surface area contributed by atoms with Gasteiger partial charge in [0.05, 0.1) is 6.54 Å². The van der Waals surface area contributed by atoms with Gasteiger partial charge in [0.25, 0.3) is 0 Å². The van der Waals surface area contributed by atoms with Gasteiger partial charge in [0.2, 0.25) is 0 Å². The summed E-state index contributed by atoms with van der Waals surface area (Å²) in [5.41, 5.74) is -0.0462. The SMILES string of the molecule is CCCn1oc(=O)c(-c2ccccc2)c1C(=O)O. The van der Waals surface area contributed by atoms with Gasteiger partial charge in [0.1, 0.15) is 5.56 Å². The number of hydrogen-bond acceptors (Lipinski definition) is 3. The number of rotatable bonds is 4. The van der Waals surface area contributed by atoms with Crippen molar-refractivity contribution in [3.8, 4) is 11.1 Å². The molecule has 1 aromatic carbocycles. The highest BCUT2D eigenvalue weighted by Crippen LogP contribution is 2.21. The highest BCUT2D eigenvalue weighted by atomic mass is 16.5. The molecular formula is C13H13NO4. The van der Waals surface area contributed by atoms with Crippen molar-refractivity contribution < 1.29 is 14.4 Å². The molecule has 18 heavy (non-hydrogen) atoms. The lowest BCUT2D eigenvalue weighted by molar-refractivity contribution is 0.0668. The molecule has 0 atom stereocenters. The summed E-state index contributed by atoms with van der Waals surface area (Å²) in [6, 6.07) is 8.67. The van der Waals surface area contributed by atoms with Gasteiger partial charge in [-0.2, -0.15) is 4.74 Å². The lowest BCUT2D eigenvalue weighted by Crippen LogP contribution is -2.09. The van der Waals surface area contributed by atoms with Crippen molar-refractivity contribution in [1.82, 2.24) is 4.74 Å². The van der Waals surface area contributed by atoms with Crippen LogP contribution < -0.4 is 5.63 Å². The molecule has 2 rings (SSSR count). The van der Waals surface area contributed by atoms with E-state index in [1.54, 1.807) is 30.3 Å². The second kappa shape index (κ2) is 4.91. The third-order valence-corrected chi connectivity index (χ3v) is 2.58. The molecule has 0 unspecified atom stereocenters. The van der Waals surface area contributed by atoms with Crippen molar-refractivity contribution in [3.05, 3.63) is 46.4 Å². The van der Waals surface area contributed by atoms with Crippen LogP contribution in [0.1, 0.15) is 23.8 Å². The number of aromatic carboxylic acids is 1. The van der Waals surface area contributed by atoms with Gasteiger partial charge in [-0.15, -0.1) is 0 Å². The Balaban J connectivity index is 2.67. The molecular weight excluding hydrogens is 234 g/mol. The Morgan fingerprint density at radius 2 is 2.00 bits per heavy atom. The topological polar surface area (TPSA) is 72.4 Å². The fourth-order valence-corrected chi connectivity index (χ4v) is 1.85. The second-order valence-electron chi connectivity index (χ2n) is 3.88. The predicted octanol–water partition coefficient (Wildman–Crippen LogP) is 2.22. The van der Waals surface area contributed by atoms with Gasteiger partial charge in [-0.3, -0.25) is 0 Å². The van der Waals surface area contributed by atoms with E-state index in [0.29, 0.717) is 18.5 Å². The average molecular weight is 247 g/mol. The Bertz CT molecular complexity index is 610. The molecule has 0 bridgehead atoms. The van der Waals surface area contributed by atoms with Gasteiger partial charge in [-0.25, -0.2) is 9.59 Å². The van der Waals surface area contributed by atoms with Crippen molar-refractivity contribution in [2.24, 2.45) is 0 Å². The maximum atomic E-state index is 11.8. The number of benzene rings is 1. The van der Waals surface area contributed by atoms with E-state index in [-0.39, 0.29) is 11.3 Å². The number of nitrogens with zero attached hydrogens (tertiary/aromatic N) is 1. The Kier molecular flexibility index (Phi) is 3.32. The van der Waals surface area contributed by atoms with E-state index < -0.39 is 11.6 Å². The number of carbonyl (C=O) groups is 1. The molecule has 1 N–H and O–H groups in total. The number of carboxylic acids is 1. The van der Waals surface area contributed by atoms with Crippen LogP contribution >= 0.6 is 0 Å². The molecule has 1 heterocycles. The predicted molar refractivity (Wildman–Crippen MR) is 65.7 cm³/mol. The van der Waals surface area contributed by atoms with Gasteiger partial charge in [0.15, 0.2) is 5.69 Å². The van der Waals surface area contributed by atoms with E-state index in [1.165, 1.54) is 0 Å². The summed E-state index contributed by atoms with van der Waals surface area (Å²) < 4.78 is 6.13. The summed E-state index contributed by atoms with van der Waals surface area (Å²) >= 11 is 0. The minimum atomic E-state index is -1.16. The highest BCUT2D eigenvalue weighted by Gasteiger charge is 2.23. The fraction of sp³-hybridized carbons (Fsp3) is 0.231. The van der Waals surface area contributed by atoms with Crippen LogP contribution in [0.3, 0.4) is 0 Å². The van der Waals surface area contributed by atoms with Gasteiger partial charge in [-0.1, -0.05) is 37.3 Å². The van der Waals surface area contributed by atoms with Crippen LogP contribution in [0.4, 0.5) is 0 Å². The molecule has 0 aliphatic rings. The highest BCUT2D eigenvalue weighted by molar-refractivity contribution is 5.93. The van der Waals surface area contributed by atoms with Crippen LogP contribution in [0.25, 0.3) is 11.1 Å². The number of hydrogen-bond donors (Lipinski definition) is 1. The zero-order valence-electron chi connectivity index (χ0n) is 9.92. The summed E-state index contributed by atoms with van der Waals surface area (Å²) in [7, 11) is 0. The summed E-state index contributed by atoms with van der Waals surface area (Å²) in [5, 5.41) is 9.23. The summed E-state index contributed by atoms with van der Waals surface area (Å²) in [6.45, 7) is 2.25. The van der Waals surface area contributed by atoms with E-state index >= 15 is 0 Å². The first-order valence-electron chi connectivity index (χ1n) is 5.68. The smallest absolute Gasteiger partial charge is 0.366 e. The van der Waals surface area contributed by atoms with Crippen LogP contribution in [-0.4, -0.2) is 15.8 Å². The van der Waals surface area contributed by atoms with Gasteiger partial charge in [-0.05, 0) is 12.0 Å². The first-order chi connectivity index (χ1) is 8.65. The number of aryl methyl sites for hydroxylation is 1. The third kappa shape index (κ3) is 2.07. The molecule has 0 aliphatic heterocycles. The van der Waals surface area contributed by atoms with Crippen molar-refractivity contribution >= 4 is 5.97 Å². The molecule has 0 spiro atoms. The van der Waals surface area contributed by atoms with Crippen molar-refractivity contribution in [3.63, 3.8) is 0 Å². The quantitative estimate of drug-likeness (QED) is 0.899. The molecule has 0 amide bonds. The second-order valence-corrected chi connectivity index (χ2v) is 3.88. The fourth-order valence-electron chi connectivity index (χ4n) is 1.85. The summed E-state index contributed by atoms with van der Waals surface area (Å²) in [4.78, 5) is 23.1. The molecule has 1 aromatic heterocycles. The zero-order valence-corrected chi connectivity index (χ0v) is 9.92. The maximum Gasteiger partial charge on any atom is 0.366 e. The van der Waals surface area contributed by atoms with Crippen LogP contribution in [0.2, 0.25) is 0 Å². The normalized spacial score (nSPS) is 10.5. The molecule has 0 aliphatic carbocycles. The molecule has 0 fully saturated rings. The van der Waals surface area contributed by atoms with Gasteiger partial charge >= 0.3 is 11.6 Å². The first kappa shape index (κ1) is 12.2. The van der Waals surface area contributed by atoms with Crippen molar-refractivity contribution in [2.75, 3.05) is 0 Å². The van der Waals surface area contributed by atoms with Gasteiger partial charge in [0, 0.05) is 0 Å². The van der Waals surface area contributed by atoms with E-state index in [1.807, 2.05) is 6.92 Å². The molecule has 2 aromatic rings. The van der Waals surface area contributed by atoms with Crippen molar-refractivity contribution in [2.45, 2.75) is 19.9 Å². The first-order valence-corrected chi connectivity index (χ1v) is 5.68. The monoisotopic (exact) mass is 247 g/mol. The molecule has 0 saturated heterocycles. The molecule has 0 radical (unpaired) electrons. The standard InChI is InChI=1S/C13H13NO4/c1-2-8-14-11(12(15)16)10(13(17)18-14)9-6-4-3-5-7-9/h3-7H,2,8H2,1H3,(H,15,16). The average Bonchev–Trinajstić information content (AvgIpc) is 2.67. The van der Waals surface area contributed by atoms with Crippen LogP contribution in [0.15, 0.2) is 39.6 Å². The van der Waals surface area contributed by atoms with E-state index in [9.17, 15) is 14.7 Å². The Hall–Kier alpha value is -2.30. The zero-order chi connectivity index (χ0) is 13.1. The number of aromatic nitrogens is 1. The summed E-state index contributed by atoms with van der Waals surface area (Å²) in [6.07, 6.45) is 0.687. The molecule has 5 nitrogen and oxygen atoms in total. The van der Waals surface area contributed by atoms with Crippen molar-refractivity contribution in [1.29, 1.82) is 0 Å². The Morgan fingerprint density at radius 1 is 1.33 bits per heavy atom. The van der Waals surface area contributed by atoms with Crippen LogP contribution in [0, 0.1) is 0 Å². The summed E-state index contributed by atoms with van der Waals surface area (Å²) in [5.74, 6) is -1.16. The van der Waals surface area contributed by atoms with Crippen LogP contribution in [-0.2, 0) is 6.54 Å². The minimum Gasteiger partial charge on any atom is -0.476 e. The lowest BCUT2D eigenvalue weighted by atomic mass is 10.1. The maximum absolute atomic E-state index is 11.8. The molecule has 5 heteroatoms. The lowest BCUT2D eigenvalue weighted by Gasteiger charge is -2.02. The third-order valence-electron chi connectivity index (χ3n) is 2.58.